The second-order valence-corrected chi connectivity index (χ2v) is 7.32. The zero-order chi connectivity index (χ0) is 16.8. The number of nitrogens with zero attached hydrogens (tertiary/aromatic N) is 1. The summed E-state index contributed by atoms with van der Waals surface area (Å²) in [6.45, 7) is 5.59. The molecule has 1 heterocycles. The number of rotatable bonds is 3. The third kappa shape index (κ3) is 2.68. The second kappa shape index (κ2) is 5.54. The topological polar surface area (TPSA) is 66.8 Å². The molecule has 1 aliphatic rings. The van der Waals surface area contributed by atoms with E-state index in [1.54, 1.807) is 17.9 Å². The lowest BCUT2D eigenvalue weighted by Gasteiger charge is -2.37. The second-order valence-electron chi connectivity index (χ2n) is 5.74. The van der Waals surface area contributed by atoms with Gasteiger partial charge in [-0.15, -0.1) is 0 Å². The SMILES string of the molecule is CCC(N1c2ccc(C)cc2Oc2c(C)cccc21)S(=O)(=O)O. The summed E-state index contributed by atoms with van der Waals surface area (Å²) in [6, 6.07) is 11.1. The number of fused-ring (bicyclic) bond motifs is 2. The van der Waals surface area contributed by atoms with E-state index in [0.717, 1.165) is 11.1 Å². The largest absolute Gasteiger partial charge is 0.453 e. The number of hydrogen-bond donors (Lipinski definition) is 1. The van der Waals surface area contributed by atoms with Crippen LogP contribution >= 0.6 is 0 Å². The molecule has 0 bridgehead atoms. The molecule has 0 saturated carbocycles. The summed E-state index contributed by atoms with van der Waals surface area (Å²) in [5.74, 6) is 1.21. The number of hydrogen-bond acceptors (Lipinski definition) is 4. The Bertz CT molecular complexity index is 861. The predicted molar refractivity (Wildman–Crippen MR) is 90.2 cm³/mol. The highest BCUT2D eigenvalue weighted by molar-refractivity contribution is 7.86. The molecule has 0 saturated heterocycles. The molecule has 122 valence electrons. The molecule has 3 rings (SSSR count). The first-order valence-electron chi connectivity index (χ1n) is 7.46. The van der Waals surface area contributed by atoms with Gasteiger partial charge in [-0.25, -0.2) is 0 Å². The van der Waals surface area contributed by atoms with Gasteiger partial charge in [0.2, 0.25) is 0 Å². The average Bonchev–Trinajstić information content (AvgIpc) is 2.46. The monoisotopic (exact) mass is 333 g/mol. The lowest BCUT2D eigenvalue weighted by Crippen LogP contribution is -2.38. The third-order valence-electron chi connectivity index (χ3n) is 4.02. The molecule has 2 aromatic rings. The molecule has 0 spiro atoms. The molecule has 1 N–H and O–H groups in total. The highest BCUT2D eigenvalue weighted by Gasteiger charge is 2.36. The average molecular weight is 333 g/mol. The Morgan fingerprint density at radius 1 is 1.17 bits per heavy atom. The van der Waals surface area contributed by atoms with Gasteiger partial charge in [0.15, 0.2) is 16.9 Å². The summed E-state index contributed by atoms with van der Waals surface area (Å²) in [4.78, 5) is 1.65. The van der Waals surface area contributed by atoms with Gasteiger partial charge in [-0.1, -0.05) is 25.1 Å². The number of para-hydroxylation sites is 1. The molecular formula is C17H19NO4S. The first-order chi connectivity index (χ1) is 10.8. The fourth-order valence-electron chi connectivity index (χ4n) is 2.94. The summed E-state index contributed by atoms with van der Waals surface area (Å²) < 4.78 is 39.5. The minimum Gasteiger partial charge on any atom is -0.453 e. The molecule has 1 atom stereocenters. The first kappa shape index (κ1) is 15.8. The van der Waals surface area contributed by atoms with Crippen molar-refractivity contribution in [3.8, 4) is 11.5 Å². The van der Waals surface area contributed by atoms with Crippen molar-refractivity contribution in [2.45, 2.75) is 32.6 Å². The van der Waals surface area contributed by atoms with E-state index in [1.807, 2.05) is 44.2 Å². The van der Waals surface area contributed by atoms with E-state index in [0.29, 0.717) is 22.9 Å². The van der Waals surface area contributed by atoms with E-state index < -0.39 is 15.5 Å². The quantitative estimate of drug-likeness (QED) is 0.854. The minimum absolute atomic E-state index is 0.250. The van der Waals surface area contributed by atoms with Crippen LogP contribution in [0.3, 0.4) is 0 Å². The van der Waals surface area contributed by atoms with Gasteiger partial charge in [0.05, 0.1) is 11.4 Å². The Hall–Kier alpha value is -2.05. The van der Waals surface area contributed by atoms with Crippen molar-refractivity contribution in [1.29, 1.82) is 0 Å². The van der Waals surface area contributed by atoms with Crippen LogP contribution < -0.4 is 9.64 Å². The predicted octanol–water partition coefficient (Wildman–Crippen LogP) is 4.17. The Morgan fingerprint density at radius 3 is 2.57 bits per heavy atom. The molecule has 5 nitrogen and oxygen atoms in total. The van der Waals surface area contributed by atoms with Gasteiger partial charge >= 0.3 is 0 Å². The van der Waals surface area contributed by atoms with E-state index >= 15 is 0 Å². The zero-order valence-corrected chi connectivity index (χ0v) is 14.1. The molecule has 1 aliphatic heterocycles. The van der Waals surface area contributed by atoms with Gasteiger partial charge in [0.25, 0.3) is 10.1 Å². The van der Waals surface area contributed by atoms with Crippen LogP contribution in [0.25, 0.3) is 0 Å². The fourth-order valence-corrected chi connectivity index (χ4v) is 3.85. The summed E-state index contributed by atoms with van der Waals surface area (Å²) >= 11 is 0. The van der Waals surface area contributed by atoms with Gasteiger partial charge in [-0.05, 0) is 49.6 Å². The lowest BCUT2D eigenvalue weighted by atomic mass is 10.1. The van der Waals surface area contributed by atoms with Crippen molar-refractivity contribution in [2.75, 3.05) is 4.90 Å². The number of benzene rings is 2. The van der Waals surface area contributed by atoms with Crippen molar-refractivity contribution in [2.24, 2.45) is 0 Å². The number of anilines is 2. The van der Waals surface area contributed by atoms with Crippen LogP contribution in [0.4, 0.5) is 11.4 Å². The fraction of sp³-hybridized carbons (Fsp3) is 0.294. The van der Waals surface area contributed by atoms with E-state index in [9.17, 15) is 13.0 Å². The van der Waals surface area contributed by atoms with Crippen LogP contribution in [0.2, 0.25) is 0 Å². The normalized spacial score (nSPS) is 14.7. The van der Waals surface area contributed by atoms with E-state index in [1.165, 1.54) is 0 Å². The van der Waals surface area contributed by atoms with Crippen LogP contribution in [0.1, 0.15) is 24.5 Å². The molecule has 0 aromatic heterocycles. The van der Waals surface area contributed by atoms with Gasteiger partial charge in [0, 0.05) is 0 Å². The molecule has 23 heavy (non-hydrogen) atoms. The first-order valence-corrected chi connectivity index (χ1v) is 8.97. The molecule has 0 amide bonds. The Labute approximate surface area is 136 Å². The van der Waals surface area contributed by atoms with Crippen molar-refractivity contribution < 1.29 is 17.7 Å². The molecular weight excluding hydrogens is 314 g/mol. The highest BCUT2D eigenvalue weighted by atomic mass is 32.2. The summed E-state index contributed by atoms with van der Waals surface area (Å²) in [6.07, 6.45) is 0.250. The molecule has 0 fully saturated rings. The third-order valence-corrected chi connectivity index (χ3v) is 5.25. The minimum atomic E-state index is -4.25. The maximum atomic E-state index is 11.9. The van der Waals surface area contributed by atoms with Gasteiger partial charge in [-0.2, -0.15) is 8.42 Å². The standard InChI is InChI=1S/C17H19NO4S/c1-4-16(23(19,20)21)18-13-9-8-11(2)10-15(13)22-17-12(3)6-5-7-14(17)18/h5-10,16H,4H2,1-3H3,(H,19,20,21). The molecule has 2 aromatic carbocycles. The van der Waals surface area contributed by atoms with Crippen molar-refractivity contribution in [3.63, 3.8) is 0 Å². The van der Waals surface area contributed by atoms with E-state index in [2.05, 4.69) is 0 Å². The number of ether oxygens (including phenoxy) is 1. The van der Waals surface area contributed by atoms with Crippen LogP contribution in [0, 0.1) is 13.8 Å². The van der Waals surface area contributed by atoms with Crippen LogP contribution in [-0.2, 0) is 10.1 Å². The van der Waals surface area contributed by atoms with Gasteiger partial charge in [0.1, 0.15) is 0 Å². The highest BCUT2D eigenvalue weighted by Crippen LogP contribution is 2.50. The maximum Gasteiger partial charge on any atom is 0.286 e. The summed E-state index contributed by atoms with van der Waals surface area (Å²) in [5.41, 5.74) is 3.20. The molecule has 0 aliphatic carbocycles. The Balaban J connectivity index is 2.29. The maximum absolute atomic E-state index is 11.9. The van der Waals surface area contributed by atoms with Gasteiger partial charge in [-0.3, -0.25) is 4.55 Å². The molecule has 1 unspecified atom stereocenters. The summed E-state index contributed by atoms with van der Waals surface area (Å²) in [7, 11) is -4.25. The van der Waals surface area contributed by atoms with Gasteiger partial charge < -0.3 is 9.64 Å². The van der Waals surface area contributed by atoms with Crippen LogP contribution in [0.5, 0.6) is 11.5 Å². The Kier molecular flexibility index (Phi) is 3.82. The van der Waals surface area contributed by atoms with E-state index in [4.69, 9.17) is 4.74 Å². The lowest BCUT2D eigenvalue weighted by molar-refractivity contribution is 0.450. The smallest absolute Gasteiger partial charge is 0.286 e. The van der Waals surface area contributed by atoms with Crippen molar-refractivity contribution in [3.05, 3.63) is 47.5 Å². The van der Waals surface area contributed by atoms with Crippen LogP contribution in [0.15, 0.2) is 36.4 Å². The Morgan fingerprint density at radius 2 is 1.91 bits per heavy atom. The van der Waals surface area contributed by atoms with Crippen molar-refractivity contribution in [1.82, 2.24) is 0 Å². The molecule has 0 radical (unpaired) electrons. The zero-order valence-electron chi connectivity index (χ0n) is 13.3. The number of aryl methyl sites for hydroxylation is 2. The summed E-state index contributed by atoms with van der Waals surface area (Å²) in [5, 5.41) is -1.06. The van der Waals surface area contributed by atoms with Crippen molar-refractivity contribution >= 4 is 21.5 Å². The molecule has 6 heteroatoms. The van der Waals surface area contributed by atoms with Crippen LogP contribution in [-0.4, -0.2) is 18.3 Å². The van der Waals surface area contributed by atoms with E-state index in [-0.39, 0.29) is 6.42 Å².